The van der Waals surface area contributed by atoms with E-state index in [-0.39, 0.29) is 17.7 Å². The molecule has 2 aromatic rings. The largest absolute Gasteiger partial charge is 0.486 e. The second-order valence-corrected chi connectivity index (χ2v) is 7.09. The Bertz CT molecular complexity index is 748. The van der Waals surface area contributed by atoms with Gasteiger partial charge in [0.15, 0.2) is 11.5 Å². The molecular formula is C20H22BrNO3. The van der Waals surface area contributed by atoms with E-state index in [1.807, 2.05) is 42.5 Å². The smallest absolute Gasteiger partial charge is 0.232 e. The summed E-state index contributed by atoms with van der Waals surface area (Å²) in [4.78, 5) is 13.0. The molecule has 0 fully saturated rings. The normalized spacial score (nSPS) is 15.3. The molecule has 25 heavy (non-hydrogen) atoms. The summed E-state index contributed by atoms with van der Waals surface area (Å²) in [6, 6.07) is 13.6. The summed E-state index contributed by atoms with van der Waals surface area (Å²) in [6.07, 6.45) is 0.926. The molecule has 0 aliphatic carbocycles. The van der Waals surface area contributed by atoms with Crippen LogP contribution < -0.4 is 14.8 Å². The SMILES string of the molecule is CC[C@H](C)[C@@H](C(=O)Nc1cc2c(cc1Br)OCCO2)c1ccccc1. The van der Waals surface area contributed by atoms with Crippen LogP contribution in [0.5, 0.6) is 11.5 Å². The van der Waals surface area contributed by atoms with Gasteiger partial charge in [0.2, 0.25) is 5.91 Å². The van der Waals surface area contributed by atoms with E-state index in [1.54, 1.807) is 0 Å². The van der Waals surface area contributed by atoms with Crippen LogP contribution >= 0.6 is 15.9 Å². The fraction of sp³-hybridized carbons (Fsp3) is 0.350. The molecule has 0 bridgehead atoms. The van der Waals surface area contributed by atoms with Crippen molar-refractivity contribution in [3.8, 4) is 11.5 Å². The van der Waals surface area contributed by atoms with Crippen molar-refractivity contribution in [1.82, 2.24) is 0 Å². The number of fused-ring (bicyclic) bond motifs is 1. The van der Waals surface area contributed by atoms with Crippen LogP contribution in [0.3, 0.4) is 0 Å². The van der Waals surface area contributed by atoms with E-state index >= 15 is 0 Å². The highest BCUT2D eigenvalue weighted by Crippen LogP contribution is 2.39. The van der Waals surface area contributed by atoms with Crippen molar-refractivity contribution in [3.63, 3.8) is 0 Å². The Morgan fingerprint density at radius 3 is 2.44 bits per heavy atom. The quantitative estimate of drug-likeness (QED) is 0.764. The fourth-order valence-electron chi connectivity index (χ4n) is 3.00. The zero-order valence-corrected chi connectivity index (χ0v) is 16.0. The lowest BCUT2D eigenvalue weighted by molar-refractivity contribution is -0.118. The monoisotopic (exact) mass is 403 g/mol. The number of anilines is 1. The van der Waals surface area contributed by atoms with E-state index in [0.717, 1.165) is 16.5 Å². The molecule has 2 atom stereocenters. The van der Waals surface area contributed by atoms with E-state index in [0.29, 0.717) is 30.4 Å². The van der Waals surface area contributed by atoms with Crippen LogP contribution in [-0.4, -0.2) is 19.1 Å². The van der Waals surface area contributed by atoms with Gasteiger partial charge in [-0.2, -0.15) is 0 Å². The van der Waals surface area contributed by atoms with Crippen LogP contribution in [0.15, 0.2) is 46.9 Å². The lowest BCUT2D eigenvalue weighted by atomic mass is 9.85. The van der Waals surface area contributed by atoms with Crippen molar-refractivity contribution < 1.29 is 14.3 Å². The van der Waals surface area contributed by atoms with Crippen LogP contribution in [0.4, 0.5) is 5.69 Å². The van der Waals surface area contributed by atoms with E-state index in [9.17, 15) is 4.79 Å². The Balaban J connectivity index is 1.86. The van der Waals surface area contributed by atoms with Crippen LogP contribution in [0.1, 0.15) is 31.7 Å². The molecular weight excluding hydrogens is 382 g/mol. The minimum atomic E-state index is -0.202. The lowest BCUT2D eigenvalue weighted by Gasteiger charge is -2.24. The van der Waals surface area contributed by atoms with Gasteiger partial charge in [-0.05, 0) is 27.4 Å². The zero-order valence-electron chi connectivity index (χ0n) is 14.4. The van der Waals surface area contributed by atoms with Crippen LogP contribution in [-0.2, 0) is 4.79 Å². The van der Waals surface area contributed by atoms with Crippen LogP contribution in [0, 0.1) is 5.92 Å². The van der Waals surface area contributed by atoms with Crippen LogP contribution in [0.25, 0.3) is 0 Å². The summed E-state index contributed by atoms with van der Waals surface area (Å²) in [5.41, 5.74) is 1.72. The average Bonchev–Trinajstić information content (AvgIpc) is 2.63. The van der Waals surface area contributed by atoms with Crippen molar-refractivity contribution in [2.24, 2.45) is 5.92 Å². The van der Waals surface area contributed by atoms with Crippen molar-refractivity contribution in [2.75, 3.05) is 18.5 Å². The van der Waals surface area contributed by atoms with Crippen molar-refractivity contribution in [1.29, 1.82) is 0 Å². The van der Waals surface area contributed by atoms with Crippen molar-refractivity contribution in [2.45, 2.75) is 26.2 Å². The zero-order chi connectivity index (χ0) is 17.8. The topological polar surface area (TPSA) is 47.6 Å². The molecule has 3 rings (SSSR count). The molecule has 1 N–H and O–H groups in total. The predicted molar refractivity (Wildman–Crippen MR) is 102 cm³/mol. The number of amides is 1. The van der Waals surface area contributed by atoms with Gasteiger partial charge in [0.05, 0.1) is 11.6 Å². The average molecular weight is 404 g/mol. The number of carbonyl (C=O) groups is 1. The van der Waals surface area contributed by atoms with Crippen LogP contribution in [0.2, 0.25) is 0 Å². The first kappa shape index (κ1) is 17.8. The molecule has 1 aliphatic heterocycles. The van der Waals surface area contributed by atoms with Gasteiger partial charge in [-0.3, -0.25) is 4.79 Å². The number of halogens is 1. The van der Waals surface area contributed by atoms with Gasteiger partial charge < -0.3 is 14.8 Å². The number of ether oxygens (including phenoxy) is 2. The number of nitrogens with one attached hydrogen (secondary N) is 1. The molecule has 1 aliphatic rings. The third-order valence-electron chi connectivity index (χ3n) is 4.54. The maximum atomic E-state index is 13.0. The molecule has 2 aromatic carbocycles. The Labute approximate surface area is 156 Å². The maximum Gasteiger partial charge on any atom is 0.232 e. The first-order valence-electron chi connectivity index (χ1n) is 8.55. The third-order valence-corrected chi connectivity index (χ3v) is 5.20. The van der Waals surface area contributed by atoms with Gasteiger partial charge in [0.1, 0.15) is 13.2 Å². The van der Waals surface area contributed by atoms with Gasteiger partial charge in [0, 0.05) is 16.6 Å². The molecule has 0 radical (unpaired) electrons. The summed E-state index contributed by atoms with van der Waals surface area (Å²) in [6.45, 7) is 5.26. The van der Waals surface area contributed by atoms with E-state index in [2.05, 4.69) is 35.1 Å². The first-order chi connectivity index (χ1) is 12.1. The summed E-state index contributed by atoms with van der Waals surface area (Å²) >= 11 is 3.51. The van der Waals surface area contributed by atoms with Gasteiger partial charge in [-0.15, -0.1) is 0 Å². The molecule has 0 unspecified atom stereocenters. The lowest BCUT2D eigenvalue weighted by Crippen LogP contribution is -2.26. The maximum absolute atomic E-state index is 13.0. The molecule has 0 saturated carbocycles. The Morgan fingerprint density at radius 2 is 1.80 bits per heavy atom. The molecule has 0 saturated heterocycles. The second-order valence-electron chi connectivity index (χ2n) is 6.24. The number of rotatable bonds is 5. The fourth-order valence-corrected chi connectivity index (χ4v) is 3.43. The van der Waals surface area contributed by atoms with E-state index < -0.39 is 0 Å². The summed E-state index contributed by atoms with van der Waals surface area (Å²) in [5.74, 6) is 1.37. The molecule has 5 heteroatoms. The highest BCUT2D eigenvalue weighted by Gasteiger charge is 2.27. The first-order valence-corrected chi connectivity index (χ1v) is 9.34. The molecule has 132 valence electrons. The van der Waals surface area contributed by atoms with E-state index in [4.69, 9.17) is 9.47 Å². The predicted octanol–water partition coefficient (Wildman–Crippen LogP) is 4.99. The van der Waals surface area contributed by atoms with Gasteiger partial charge in [-0.25, -0.2) is 0 Å². The standard InChI is InChI=1S/C20H22BrNO3/c1-3-13(2)19(14-7-5-4-6-8-14)20(23)22-16-12-18-17(11-15(16)21)24-9-10-25-18/h4-8,11-13,19H,3,9-10H2,1-2H3,(H,22,23)/t13-,19+/m0/s1. The van der Waals surface area contributed by atoms with Gasteiger partial charge in [-0.1, -0.05) is 50.6 Å². The van der Waals surface area contributed by atoms with Crippen molar-refractivity contribution >= 4 is 27.5 Å². The summed E-state index contributed by atoms with van der Waals surface area (Å²) < 4.78 is 12.0. The Morgan fingerprint density at radius 1 is 1.16 bits per heavy atom. The third kappa shape index (κ3) is 3.98. The summed E-state index contributed by atoms with van der Waals surface area (Å²) in [7, 11) is 0. The minimum absolute atomic E-state index is 0.0158. The number of benzene rings is 2. The van der Waals surface area contributed by atoms with Gasteiger partial charge in [0.25, 0.3) is 0 Å². The summed E-state index contributed by atoms with van der Waals surface area (Å²) in [5, 5.41) is 3.05. The number of carbonyl (C=O) groups excluding carboxylic acids is 1. The molecule has 1 amide bonds. The molecule has 0 spiro atoms. The van der Waals surface area contributed by atoms with Gasteiger partial charge >= 0.3 is 0 Å². The highest BCUT2D eigenvalue weighted by molar-refractivity contribution is 9.10. The Kier molecular flexibility index (Phi) is 5.63. The number of hydrogen-bond acceptors (Lipinski definition) is 3. The molecule has 0 aromatic heterocycles. The number of hydrogen-bond donors (Lipinski definition) is 1. The van der Waals surface area contributed by atoms with Crippen molar-refractivity contribution in [3.05, 3.63) is 52.5 Å². The second kappa shape index (κ2) is 7.91. The highest BCUT2D eigenvalue weighted by atomic mass is 79.9. The van der Waals surface area contributed by atoms with E-state index in [1.165, 1.54) is 0 Å². The molecule has 4 nitrogen and oxygen atoms in total. The minimum Gasteiger partial charge on any atom is -0.486 e. The molecule has 1 heterocycles. The Hall–Kier alpha value is -2.01.